The summed E-state index contributed by atoms with van der Waals surface area (Å²) in [7, 11) is 1.54. The highest BCUT2D eigenvalue weighted by molar-refractivity contribution is 7.09. The second kappa shape index (κ2) is 11.4. The highest BCUT2D eigenvalue weighted by atomic mass is 32.1. The molecule has 2 aromatic carbocycles. The van der Waals surface area contributed by atoms with Crippen molar-refractivity contribution in [1.29, 1.82) is 0 Å². The zero-order chi connectivity index (χ0) is 27.3. The number of nitrogens with one attached hydrogen (secondary N) is 1. The molecule has 37 heavy (non-hydrogen) atoms. The third-order valence-electron chi connectivity index (χ3n) is 6.02. The Morgan fingerprint density at radius 1 is 1.14 bits per heavy atom. The fraction of sp³-hybridized carbons (Fsp3) is 0.308. The molecule has 1 aromatic heterocycles. The number of hydrogen-bond acceptors (Lipinski definition) is 7. The molecule has 0 aliphatic heterocycles. The van der Waals surface area contributed by atoms with E-state index in [2.05, 4.69) is 9.69 Å². The van der Waals surface area contributed by atoms with Gasteiger partial charge in [-0.2, -0.15) is 4.37 Å². The van der Waals surface area contributed by atoms with Crippen molar-refractivity contribution in [2.24, 2.45) is 5.73 Å². The molecule has 9 nitrogen and oxygen atoms in total. The molecule has 1 unspecified atom stereocenters. The van der Waals surface area contributed by atoms with Crippen molar-refractivity contribution in [2.45, 2.75) is 45.3 Å². The Morgan fingerprint density at radius 2 is 1.76 bits per heavy atom. The number of nitrogens with two attached hydrogens (primary N) is 2. The lowest BCUT2D eigenvalue weighted by atomic mass is 9.98. The highest BCUT2D eigenvalue weighted by Crippen LogP contribution is 2.31. The van der Waals surface area contributed by atoms with E-state index < -0.39 is 35.1 Å². The third kappa shape index (κ3) is 6.42. The van der Waals surface area contributed by atoms with Gasteiger partial charge in [0.05, 0.1) is 12.8 Å². The minimum absolute atomic E-state index is 0.00586. The van der Waals surface area contributed by atoms with Crippen LogP contribution < -0.4 is 21.5 Å². The number of aromatic nitrogens is 1. The van der Waals surface area contributed by atoms with Crippen molar-refractivity contribution in [3.63, 3.8) is 0 Å². The molecule has 0 bridgehead atoms. The van der Waals surface area contributed by atoms with Crippen LogP contribution in [0.5, 0.6) is 5.75 Å². The van der Waals surface area contributed by atoms with Crippen molar-refractivity contribution < 1.29 is 23.5 Å². The first kappa shape index (κ1) is 27.6. The number of hydrogen-bond donors (Lipinski definition) is 3. The second-order valence-electron chi connectivity index (χ2n) is 9.10. The van der Waals surface area contributed by atoms with Gasteiger partial charge in [0.1, 0.15) is 22.5 Å². The normalized spacial score (nSPS) is 12.0. The number of benzene rings is 2. The monoisotopic (exact) mass is 527 g/mol. The van der Waals surface area contributed by atoms with E-state index in [0.29, 0.717) is 23.3 Å². The molecule has 196 valence electrons. The lowest BCUT2D eigenvalue weighted by Gasteiger charge is -2.34. The number of rotatable bonds is 10. The molecule has 5 N–H and O–H groups in total. The molecule has 0 aliphatic carbocycles. The first-order valence-electron chi connectivity index (χ1n) is 11.5. The summed E-state index contributed by atoms with van der Waals surface area (Å²) >= 11 is 0.723. The molecule has 3 aromatic rings. The van der Waals surface area contributed by atoms with Crippen LogP contribution in [0.4, 0.5) is 10.1 Å². The standard InChI is InChI=1S/C26H30FN5O4S/c1-5-26(2,3)30-24(34)21(16-8-10-17(27)11-9-16)32(14-15-6-12-18(36-4)13-7-15)25(35)22-19(28)20(23(29)33)31-37-22/h6-13,21H,5,14,28H2,1-4H3,(H2,29,33)(H,30,34). The van der Waals surface area contributed by atoms with E-state index in [-0.39, 0.29) is 22.8 Å². The van der Waals surface area contributed by atoms with Crippen molar-refractivity contribution in [3.05, 3.63) is 76.0 Å². The molecule has 3 amide bonds. The van der Waals surface area contributed by atoms with Gasteiger partial charge in [0.15, 0.2) is 5.69 Å². The van der Waals surface area contributed by atoms with Crippen LogP contribution in [-0.2, 0) is 11.3 Å². The SMILES string of the molecule is CCC(C)(C)NC(=O)C(c1ccc(F)cc1)N(Cc1ccc(OC)cc1)C(=O)c1snc(C(N)=O)c1N. The van der Waals surface area contributed by atoms with Crippen molar-refractivity contribution in [1.82, 2.24) is 14.6 Å². The van der Waals surface area contributed by atoms with E-state index in [4.69, 9.17) is 16.2 Å². The summed E-state index contributed by atoms with van der Waals surface area (Å²) in [5.74, 6) is -1.82. The molecular weight excluding hydrogens is 497 g/mol. The summed E-state index contributed by atoms with van der Waals surface area (Å²) in [6.45, 7) is 5.65. The van der Waals surface area contributed by atoms with Crippen LogP contribution >= 0.6 is 11.5 Å². The highest BCUT2D eigenvalue weighted by Gasteiger charge is 2.36. The number of carbonyl (C=O) groups excluding carboxylic acids is 3. The first-order valence-corrected chi connectivity index (χ1v) is 12.3. The smallest absolute Gasteiger partial charge is 0.270 e. The van der Waals surface area contributed by atoms with Gasteiger partial charge < -0.3 is 26.4 Å². The molecule has 0 saturated heterocycles. The van der Waals surface area contributed by atoms with Crippen LogP contribution in [0.1, 0.15) is 64.5 Å². The Hall–Kier alpha value is -3.99. The second-order valence-corrected chi connectivity index (χ2v) is 9.87. The van der Waals surface area contributed by atoms with Gasteiger partial charge in [-0.15, -0.1) is 0 Å². The fourth-order valence-electron chi connectivity index (χ4n) is 3.58. The zero-order valence-corrected chi connectivity index (χ0v) is 21.9. The first-order chi connectivity index (χ1) is 17.5. The third-order valence-corrected chi connectivity index (χ3v) is 6.87. The predicted octanol–water partition coefficient (Wildman–Crippen LogP) is 3.66. The summed E-state index contributed by atoms with van der Waals surface area (Å²) in [5, 5.41) is 2.98. The van der Waals surface area contributed by atoms with Crippen molar-refractivity contribution >= 4 is 34.9 Å². The molecule has 1 heterocycles. The summed E-state index contributed by atoms with van der Waals surface area (Å²) in [6, 6.07) is 11.2. The summed E-state index contributed by atoms with van der Waals surface area (Å²) in [6.07, 6.45) is 0.630. The Morgan fingerprint density at radius 3 is 2.27 bits per heavy atom. The van der Waals surface area contributed by atoms with Gasteiger partial charge in [-0.05, 0) is 67.2 Å². The largest absolute Gasteiger partial charge is 0.497 e. The van der Waals surface area contributed by atoms with Crippen molar-refractivity contribution in [2.75, 3.05) is 12.8 Å². The Bertz CT molecular complexity index is 1280. The number of primary amides is 1. The van der Waals surface area contributed by atoms with Crippen LogP contribution in [0.2, 0.25) is 0 Å². The molecule has 0 saturated carbocycles. The summed E-state index contributed by atoms with van der Waals surface area (Å²) in [5.41, 5.74) is 11.5. The average molecular weight is 528 g/mol. The van der Waals surface area contributed by atoms with E-state index in [1.807, 2.05) is 20.8 Å². The predicted molar refractivity (Wildman–Crippen MR) is 140 cm³/mol. The molecule has 0 spiro atoms. The maximum atomic E-state index is 13.9. The maximum Gasteiger partial charge on any atom is 0.270 e. The zero-order valence-electron chi connectivity index (χ0n) is 21.1. The minimum atomic E-state index is -1.15. The lowest BCUT2D eigenvalue weighted by Crippen LogP contribution is -2.50. The number of anilines is 1. The van der Waals surface area contributed by atoms with Gasteiger partial charge in [-0.3, -0.25) is 14.4 Å². The van der Waals surface area contributed by atoms with Crippen molar-refractivity contribution in [3.8, 4) is 5.75 Å². The number of ether oxygens (including phenoxy) is 1. The van der Waals surface area contributed by atoms with E-state index in [1.54, 1.807) is 24.3 Å². The number of nitrogens with zero attached hydrogens (tertiary/aromatic N) is 2. The van der Waals surface area contributed by atoms with Crippen LogP contribution in [0, 0.1) is 5.82 Å². The Balaban J connectivity index is 2.15. The van der Waals surface area contributed by atoms with Crippen LogP contribution in [0.3, 0.4) is 0 Å². The van der Waals surface area contributed by atoms with E-state index in [1.165, 1.54) is 36.3 Å². The van der Waals surface area contributed by atoms with Gasteiger partial charge in [-0.1, -0.05) is 31.2 Å². The van der Waals surface area contributed by atoms with E-state index >= 15 is 0 Å². The Labute approximate surface area is 218 Å². The molecule has 0 aliphatic rings. The quantitative estimate of drug-likeness (QED) is 0.368. The van der Waals surface area contributed by atoms with Gasteiger partial charge in [-0.25, -0.2) is 4.39 Å². The molecule has 0 radical (unpaired) electrons. The fourth-order valence-corrected chi connectivity index (χ4v) is 4.34. The maximum absolute atomic E-state index is 13.9. The molecule has 1 atom stereocenters. The van der Waals surface area contributed by atoms with Gasteiger partial charge >= 0.3 is 0 Å². The lowest BCUT2D eigenvalue weighted by molar-refractivity contribution is -0.127. The van der Waals surface area contributed by atoms with E-state index in [9.17, 15) is 18.8 Å². The summed E-state index contributed by atoms with van der Waals surface area (Å²) in [4.78, 5) is 40.7. The number of amides is 3. The van der Waals surface area contributed by atoms with Crippen LogP contribution in [-0.4, -0.2) is 39.6 Å². The number of halogens is 1. The molecular formula is C26H30FN5O4S. The number of nitrogen functional groups attached to an aromatic ring is 1. The molecule has 0 fully saturated rings. The van der Waals surface area contributed by atoms with Gasteiger partial charge in [0.2, 0.25) is 5.91 Å². The van der Waals surface area contributed by atoms with Gasteiger partial charge in [0, 0.05) is 12.1 Å². The number of methoxy groups -OCH3 is 1. The average Bonchev–Trinajstić information content (AvgIpc) is 3.26. The van der Waals surface area contributed by atoms with Crippen LogP contribution in [0.25, 0.3) is 0 Å². The topological polar surface area (TPSA) is 141 Å². The molecule has 11 heteroatoms. The minimum Gasteiger partial charge on any atom is -0.497 e. The Kier molecular flexibility index (Phi) is 8.49. The van der Waals surface area contributed by atoms with Crippen LogP contribution in [0.15, 0.2) is 48.5 Å². The molecule has 3 rings (SSSR count). The van der Waals surface area contributed by atoms with E-state index in [0.717, 1.165) is 11.5 Å². The number of carbonyl (C=O) groups is 3. The summed E-state index contributed by atoms with van der Waals surface area (Å²) < 4.78 is 22.9. The van der Waals surface area contributed by atoms with Gasteiger partial charge in [0.25, 0.3) is 11.8 Å².